The van der Waals surface area contributed by atoms with Crippen LogP contribution in [0.4, 0.5) is 21.9 Å². The number of carbonyl (C=O) groups excluding carboxylic acids is 3. The molecular weight excluding hydrogens is 644 g/mol. The Morgan fingerprint density at radius 3 is 2.04 bits per heavy atom. The molecule has 0 aromatic heterocycles. The van der Waals surface area contributed by atoms with Gasteiger partial charge in [0.1, 0.15) is 17.1 Å². The number of nitrogens with one attached hydrogen (secondary N) is 2. The van der Waals surface area contributed by atoms with E-state index in [0.717, 1.165) is 28.7 Å². The van der Waals surface area contributed by atoms with Gasteiger partial charge in [0.25, 0.3) is 11.8 Å². The van der Waals surface area contributed by atoms with Crippen LogP contribution in [-0.4, -0.2) is 49.8 Å². The van der Waals surface area contributed by atoms with E-state index in [2.05, 4.69) is 10.6 Å². The monoisotopic (exact) mass is 690 g/mol. The van der Waals surface area contributed by atoms with E-state index < -0.39 is 11.7 Å². The lowest BCUT2D eigenvalue weighted by molar-refractivity contribution is 0.0562. The van der Waals surface area contributed by atoms with Crippen LogP contribution in [0.3, 0.4) is 0 Å². The first kappa shape index (κ1) is 35.5. The first-order valence-corrected chi connectivity index (χ1v) is 17.4. The lowest BCUT2D eigenvalue weighted by Gasteiger charge is -2.39. The van der Waals surface area contributed by atoms with Gasteiger partial charge in [-0.3, -0.25) is 14.5 Å². The largest absolute Gasteiger partial charge is 0.497 e. The maximum absolute atomic E-state index is 14.4. The lowest BCUT2D eigenvalue weighted by atomic mass is 9.83. The zero-order chi connectivity index (χ0) is 36.3. The number of methoxy groups -OCH3 is 2. The Hall–Kier alpha value is -5.35. The van der Waals surface area contributed by atoms with Gasteiger partial charge in [-0.2, -0.15) is 0 Å². The van der Waals surface area contributed by atoms with E-state index in [1.807, 2.05) is 75.4 Å². The average molecular weight is 691 g/mol. The summed E-state index contributed by atoms with van der Waals surface area (Å²) in [5.41, 5.74) is 12.4. The van der Waals surface area contributed by atoms with Crippen molar-refractivity contribution in [3.05, 3.63) is 112 Å². The quantitative estimate of drug-likeness (QED) is 0.177. The fourth-order valence-electron chi connectivity index (χ4n) is 6.96. The molecule has 4 N–H and O–H groups in total. The second kappa shape index (κ2) is 14.9. The van der Waals surface area contributed by atoms with Crippen LogP contribution in [0.2, 0.25) is 0 Å². The number of ether oxygens (including phenoxy) is 3. The number of nitrogens with zero attached hydrogens (tertiary/aromatic N) is 1. The minimum atomic E-state index is -0.771. The summed E-state index contributed by atoms with van der Waals surface area (Å²) in [6.07, 6.45) is 3.25. The number of nitrogens with two attached hydrogens (primary N) is 1. The highest BCUT2D eigenvalue weighted by molar-refractivity contribution is 6.11. The maximum atomic E-state index is 14.4. The number of hydrogen-bond donors (Lipinski definition) is 3. The van der Waals surface area contributed by atoms with Crippen LogP contribution < -0.4 is 30.7 Å². The minimum absolute atomic E-state index is 0.00587. The predicted molar refractivity (Wildman–Crippen MR) is 199 cm³/mol. The van der Waals surface area contributed by atoms with Crippen LogP contribution in [0.1, 0.15) is 76.6 Å². The van der Waals surface area contributed by atoms with Crippen LogP contribution in [0.15, 0.2) is 78.9 Å². The van der Waals surface area contributed by atoms with Crippen molar-refractivity contribution < 1.29 is 28.6 Å². The van der Waals surface area contributed by atoms with Crippen molar-refractivity contribution in [2.24, 2.45) is 5.73 Å². The smallest absolute Gasteiger partial charge is 0.415 e. The zero-order valence-electron chi connectivity index (χ0n) is 29.9. The highest BCUT2D eigenvalue weighted by Crippen LogP contribution is 2.39. The van der Waals surface area contributed by atoms with E-state index in [-0.39, 0.29) is 23.9 Å². The molecule has 266 valence electrons. The topological polar surface area (TPSA) is 132 Å². The second-order valence-corrected chi connectivity index (χ2v) is 14.2. The highest BCUT2D eigenvalue weighted by Gasteiger charge is 2.37. The van der Waals surface area contributed by atoms with Gasteiger partial charge < -0.3 is 30.6 Å². The SMILES string of the molecule is COc1cccc(NC(=O)c2ccc3c(c2)CCC(N(C(=O)OC(C)(C)C)c2c(C(=O)Nc4cccc(OC)c4)ccc4c2CCC(N)C4)C3)c1. The standard InChI is InChI=1S/C41H46N4O6/c1-41(2,3)51-40(48)45(32-17-14-25-20-28(13-12-26(25)22-32)38(46)43-30-8-6-10-33(23-30)49-4)37-35-19-16-29(42)21-27(35)15-18-36(37)39(47)44-31-9-7-11-34(24-31)50-5/h6-13,15,18,20,23-24,29,32H,14,16-17,19,21-22,42H2,1-5H3,(H,43,46)(H,44,47). The van der Waals surface area contributed by atoms with E-state index >= 15 is 0 Å². The number of carbonyl (C=O) groups is 3. The summed E-state index contributed by atoms with van der Waals surface area (Å²) in [6, 6.07) is 23.5. The molecule has 3 amide bonds. The molecule has 10 heteroatoms. The van der Waals surface area contributed by atoms with E-state index in [0.29, 0.717) is 71.8 Å². The fraction of sp³-hybridized carbons (Fsp3) is 0.341. The minimum Gasteiger partial charge on any atom is -0.497 e. The molecule has 4 aromatic carbocycles. The van der Waals surface area contributed by atoms with Crippen molar-refractivity contribution in [3.8, 4) is 11.5 Å². The van der Waals surface area contributed by atoms with Crippen molar-refractivity contribution in [1.29, 1.82) is 0 Å². The van der Waals surface area contributed by atoms with Crippen LogP contribution in [0.5, 0.6) is 11.5 Å². The zero-order valence-corrected chi connectivity index (χ0v) is 29.9. The van der Waals surface area contributed by atoms with Gasteiger partial charge >= 0.3 is 6.09 Å². The van der Waals surface area contributed by atoms with E-state index in [1.54, 1.807) is 43.4 Å². The molecule has 0 bridgehead atoms. The number of aryl methyl sites for hydroxylation is 1. The van der Waals surface area contributed by atoms with Gasteiger partial charge in [-0.05, 0) is 124 Å². The normalized spacial score (nSPS) is 16.6. The molecule has 10 nitrogen and oxygen atoms in total. The summed E-state index contributed by atoms with van der Waals surface area (Å²) in [4.78, 5) is 43.5. The molecule has 0 saturated heterocycles. The summed E-state index contributed by atoms with van der Waals surface area (Å²) < 4.78 is 16.7. The molecule has 4 aromatic rings. The molecule has 51 heavy (non-hydrogen) atoms. The molecule has 0 spiro atoms. The molecule has 0 heterocycles. The van der Waals surface area contributed by atoms with Gasteiger partial charge in [0.15, 0.2) is 0 Å². The van der Waals surface area contributed by atoms with Gasteiger partial charge in [-0.25, -0.2) is 4.79 Å². The third kappa shape index (κ3) is 8.18. The Kier molecular flexibility index (Phi) is 10.3. The third-order valence-electron chi connectivity index (χ3n) is 9.39. The Balaban J connectivity index is 1.36. The van der Waals surface area contributed by atoms with E-state index in [4.69, 9.17) is 19.9 Å². The molecular formula is C41H46N4O6. The van der Waals surface area contributed by atoms with Crippen LogP contribution in [0, 0.1) is 0 Å². The molecule has 0 radical (unpaired) electrons. The van der Waals surface area contributed by atoms with Gasteiger partial charge in [0.05, 0.1) is 25.5 Å². The Labute approximate surface area is 299 Å². The number of amides is 3. The maximum Gasteiger partial charge on any atom is 0.415 e. The van der Waals surface area contributed by atoms with Crippen LogP contribution >= 0.6 is 0 Å². The Morgan fingerprint density at radius 2 is 1.39 bits per heavy atom. The molecule has 2 atom stereocenters. The van der Waals surface area contributed by atoms with Crippen LogP contribution in [0.25, 0.3) is 0 Å². The summed E-state index contributed by atoms with van der Waals surface area (Å²) in [6.45, 7) is 5.52. The van der Waals surface area contributed by atoms with Gasteiger partial charge in [-0.1, -0.05) is 24.3 Å². The Morgan fingerprint density at radius 1 is 0.745 bits per heavy atom. The molecule has 6 rings (SSSR count). The fourth-order valence-corrected chi connectivity index (χ4v) is 6.96. The highest BCUT2D eigenvalue weighted by atomic mass is 16.6. The molecule has 2 aliphatic rings. The van der Waals surface area contributed by atoms with Crippen molar-refractivity contribution in [2.45, 2.75) is 77.0 Å². The van der Waals surface area contributed by atoms with Crippen molar-refractivity contribution in [2.75, 3.05) is 29.8 Å². The van der Waals surface area contributed by atoms with Gasteiger partial charge in [-0.15, -0.1) is 0 Å². The molecule has 0 saturated carbocycles. The Bertz CT molecular complexity index is 1950. The summed E-state index contributed by atoms with van der Waals surface area (Å²) in [5.74, 6) is 0.712. The van der Waals surface area contributed by atoms with E-state index in [1.165, 1.54) is 0 Å². The molecule has 2 unspecified atom stereocenters. The lowest BCUT2D eigenvalue weighted by Crippen LogP contribution is -2.47. The van der Waals surface area contributed by atoms with Crippen LogP contribution in [-0.2, 0) is 30.4 Å². The summed E-state index contributed by atoms with van der Waals surface area (Å²) >= 11 is 0. The second-order valence-electron chi connectivity index (χ2n) is 14.2. The first-order chi connectivity index (χ1) is 24.4. The number of fused-ring (bicyclic) bond motifs is 2. The number of benzene rings is 4. The van der Waals surface area contributed by atoms with Gasteiger partial charge in [0, 0.05) is 41.2 Å². The van der Waals surface area contributed by atoms with E-state index in [9.17, 15) is 14.4 Å². The van der Waals surface area contributed by atoms with Crippen molar-refractivity contribution in [3.63, 3.8) is 0 Å². The third-order valence-corrected chi connectivity index (χ3v) is 9.39. The van der Waals surface area contributed by atoms with Gasteiger partial charge in [0.2, 0.25) is 0 Å². The number of anilines is 3. The number of rotatable bonds is 8. The average Bonchev–Trinajstić information content (AvgIpc) is 3.10. The predicted octanol–water partition coefficient (Wildman–Crippen LogP) is 7.32. The summed E-state index contributed by atoms with van der Waals surface area (Å²) in [5, 5.41) is 5.98. The molecule has 0 fully saturated rings. The number of hydrogen-bond acceptors (Lipinski definition) is 7. The molecule has 0 aliphatic heterocycles. The first-order valence-electron chi connectivity index (χ1n) is 17.4. The summed E-state index contributed by atoms with van der Waals surface area (Å²) in [7, 11) is 3.16. The molecule has 2 aliphatic carbocycles. The van der Waals surface area contributed by atoms with Crippen molar-refractivity contribution >= 4 is 35.0 Å². The van der Waals surface area contributed by atoms with Crippen molar-refractivity contribution in [1.82, 2.24) is 0 Å².